The maximum Gasteiger partial charge on any atom is 0.337 e. The standard InChI is InChI=1S/C13H11ClN2O4S/c1-7-6-21-13(20)16(7)5-10(17)15-11-8(12(18)19)3-2-4-9(11)14/h2-4,6H,5H2,1H3,(H,15,17)(H,18,19). The van der Waals surface area contributed by atoms with E-state index < -0.39 is 11.9 Å². The molecule has 0 saturated carbocycles. The van der Waals surface area contributed by atoms with E-state index in [1.807, 2.05) is 0 Å². The molecule has 0 aliphatic heterocycles. The molecule has 2 N–H and O–H groups in total. The zero-order valence-electron chi connectivity index (χ0n) is 10.9. The summed E-state index contributed by atoms with van der Waals surface area (Å²) < 4.78 is 1.30. The Morgan fingerprint density at radius 2 is 2.14 bits per heavy atom. The Bertz CT molecular complexity index is 766. The molecular weight excluding hydrogens is 316 g/mol. The third-order valence-electron chi connectivity index (χ3n) is 2.79. The number of hydrogen-bond acceptors (Lipinski definition) is 4. The van der Waals surface area contributed by atoms with Crippen LogP contribution in [0.1, 0.15) is 16.1 Å². The van der Waals surface area contributed by atoms with Crippen LogP contribution in [0.25, 0.3) is 0 Å². The van der Waals surface area contributed by atoms with Gasteiger partial charge < -0.3 is 10.4 Å². The Hall–Kier alpha value is -2.12. The van der Waals surface area contributed by atoms with Gasteiger partial charge >= 0.3 is 10.8 Å². The molecule has 0 aliphatic rings. The second-order valence-electron chi connectivity index (χ2n) is 4.24. The first-order valence-electron chi connectivity index (χ1n) is 5.86. The van der Waals surface area contributed by atoms with Crippen molar-refractivity contribution in [2.45, 2.75) is 13.5 Å². The minimum atomic E-state index is -1.20. The summed E-state index contributed by atoms with van der Waals surface area (Å²) in [6.45, 7) is 1.52. The van der Waals surface area contributed by atoms with Crippen molar-refractivity contribution in [1.82, 2.24) is 4.57 Å². The van der Waals surface area contributed by atoms with Crippen molar-refractivity contribution in [1.29, 1.82) is 0 Å². The first-order chi connectivity index (χ1) is 9.90. The topological polar surface area (TPSA) is 88.4 Å². The normalized spacial score (nSPS) is 10.4. The first kappa shape index (κ1) is 15.3. The molecule has 6 nitrogen and oxygen atoms in total. The molecule has 1 aromatic heterocycles. The lowest BCUT2D eigenvalue weighted by Gasteiger charge is -2.11. The van der Waals surface area contributed by atoms with Crippen molar-refractivity contribution in [2.24, 2.45) is 0 Å². The molecule has 0 radical (unpaired) electrons. The number of halogens is 1. The van der Waals surface area contributed by atoms with Crippen LogP contribution >= 0.6 is 22.9 Å². The molecule has 8 heteroatoms. The number of benzene rings is 1. The average Bonchev–Trinajstić information content (AvgIpc) is 2.72. The van der Waals surface area contributed by atoms with Crippen LogP contribution in [-0.4, -0.2) is 21.6 Å². The van der Waals surface area contributed by atoms with Gasteiger partial charge in [-0.25, -0.2) is 4.79 Å². The van der Waals surface area contributed by atoms with Crippen molar-refractivity contribution in [3.63, 3.8) is 0 Å². The fraction of sp³-hybridized carbons (Fsp3) is 0.154. The molecule has 0 atom stereocenters. The van der Waals surface area contributed by atoms with Gasteiger partial charge in [-0.3, -0.25) is 14.2 Å². The smallest absolute Gasteiger partial charge is 0.337 e. The molecule has 0 spiro atoms. The largest absolute Gasteiger partial charge is 0.478 e. The molecule has 1 amide bonds. The van der Waals surface area contributed by atoms with Crippen LogP contribution in [0, 0.1) is 6.92 Å². The molecule has 2 rings (SSSR count). The monoisotopic (exact) mass is 326 g/mol. The summed E-state index contributed by atoms with van der Waals surface area (Å²) in [6, 6.07) is 4.30. The van der Waals surface area contributed by atoms with Crippen molar-refractivity contribution < 1.29 is 14.7 Å². The predicted octanol–water partition coefficient (Wildman–Crippen LogP) is 2.21. The number of nitrogens with zero attached hydrogens (tertiary/aromatic N) is 1. The third-order valence-corrected chi connectivity index (χ3v) is 3.98. The average molecular weight is 327 g/mol. The molecule has 0 saturated heterocycles. The Balaban J connectivity index is 2.25. The summed E-state index contributed by atoms with van der Waals surface area (Å²) in [7, 11) is 0. The number of para-hydroxylation sites is 1. The Kier molecular flexibility index (Phi) is 4.44. The molecule has 21 heavy (non-hydrogen) atoms. The van der Waals surface area contributed by atoms with Crippen LogP contribution < -0.4 is 10.2 Å². The highest BCUT2D eigenvalue weighted by molar-refractivity contribution is 7.07. The number of carboxylic acid groups (broad SMARTS) is 1. The molecule has 0 fully saturated rings. The van der Waals surface area contributed by atoms with Gasteiger partial charge in [0.15, 0.2) is 0 Å². The molecule has 2 aromatic rings. The van der Waals surface area contributed by atoms with Crippen LogP contribution in [0.4, 0.5) is 5.69 Å². The Morgan fingerprint density at radius 3 is 2.71 bits per heavy atom. The number of aryl methyl sites for hydroxylation is 1. The van der Waals surface area contributed by atoms with E-state index in [2.05, 4.69) is 5.32 Å². The highest BCUT2D eigenvalue weighted by Crippen LogP contribution is 2.26. The first-order valence-corrected chi connectivity index (χ1v) is 7.12. The van der Waals surface area contributed by atoms with Gasteiger partial charge in [0.1, 0.15) is 6.54 Å². The van der Waals surface area contributed by atoms with Crippen LogP contribution in [-0.2, 0) is 11.3 Å². The number of carbonyl (C=O) groups is 2. The van der Waals surface area contributed by atoms with E-state index in [9.17, 15) is 14.4 Å². The maximum atomic E-state index is 12.0. The van der Waals surface area contributed by atoms with Gasteiger partial charge in [-0.15, -0.1) is 0 Å². The number of carboxylic acids is 1. The second-order valence-corrected chi connectivity index (χ2v) is 5.47. The fourth-order valence-corrected chi connectivity index (χ4v) is 2.70. The number of thiazole rings is 1. The SMILES string of the molecule is Cc1csc(=O)n1CC(=O)Nc1c(Cl)cccc1C(=O)O. The molecule has 0 aliphatic carbocycles. The highest BCUT2D eigenvalue weighted by Gasteiger charge is 2.16. The van der Waals surface area contributed by atoms with Gasteiger partial charge in [-0.2, -0.15) is 0 Å². The lowest BCUT2D eigenvalue weighted by Crippen LogP contribution is -2.26. The quantitative estimate of drug-likeness (QED) is 0.901. The molecule has 0 bridgehead atoms. The van der Waals surface area contributed by atoms with Crippen LogP contribution in [0.15, 0.2) is 28.4 Å². The highest BCUT2D eigenvalue weighted by atomic mass is 35.5. The summed E-state index contributed by atoms with van der Waals surface area (Å²) in [5.41, 5.74) is 0.584. The van der Waals surface area contributed by atoms with E-state index in [1.54, 1.807) is 12.3 Å². The van der Waals surface area contributed by atoms with Gasteiger partial charge in [0.25, 0.3) is 0 Å². The van der Waals surface area contributed by atoms with Gasteiger partial charge in [0.05, 0.1) is 16.3 Å². The number of aromatic carboxylic acids is 1. The number of nitrogens with one attached hydrogen (secondary N) is 1. The molecule has 1 heterocycles. The minimum absolute atomic E-state index is 0.0256. The maximum absolute atomic E-state index is 12.0. The Morgan fingerprint density at radius 1 is 1.43 bits per heavy atom. The van der Waals surface area contributed by atoms with Gasteiger partial charge in [-0.1, -0.05) is 29.0 Å². The lowest BCUT2D eigenvalue weighted by molar-refractivity contribution is -0.116. The fourth-order valence-electron chi connectivity index (χ4n) is 1.75. The predicted molar refractivity (Wildman–Crippen MR) is 80.4 cm³/mol. The summed E-state index contributed by atoms with van der Waals surface area (Å²) >= 11 is 6.92. The zero-order chi connectivity index (χ0) is 15.6. The van der Waals surface area contributed by atoms with Crippen molar-refractivity contribution in [2.75, 3.05) is 5.32 Å². The van der Waals surface area contributed by atoms with Crippen LogP contribution in [0.3, 0.4) is 0 Å². The van der Waals surface area contributed by atoms with E-state index in [1.165, 1.54) is 22.8 Å². The zero-order valence-corrected chi connectivity index (χ0v) is 12.5. The van der Waals surface area contributed by atoms with Gasteiger partial charge in [0.2, 0.25) is 5.91 Å². The molecule has 1 aromatic carbocycles. The molecule has 110 valence electrons. The van der Waals surface area contributed by atoms with Crippen LogP contribution in [0.5, 0.6) is 0 Å². The second kappa shape index (κ2) is 6.11. The number of aromatic nitrogens is 1. The third kappa shape index (κ3) is 3.32. The van der Waals surface area contributed by atoms with Crippen molar-refractivity contribution in [3.8, 4) is 0 Å². The summed E-state index contributed by atoms with van der Waals surface area (Å²) in [4.78, 5) is 34.4. The Labute approximate surface area is 128 Å². The van der Waals surface area contributed by atoms with Crippen molar-refractivity contribution >= 4 is 40.5 Å². The molecular formula is C13H11ClN2O4S. The van der Waals surface area contributed by atoms with E-state index in [0.717, 1.165) is 11.3 Å². The van der Waals surface area contributed by atoms with Gasteiger partial charge in [0, 0.05) is 11.1 Å². The molecule has 0 unspecified atom stereocenters. The van der Waals surface area contributed by atoms with E-state index >= 15 is 0 Å². The number of amides is 1. The van der Waals surface area contributed by atoms with E-state index in [-0.39, 0.29) is 27.7 Å². The van der Waals surface area contributed by atoms with E-state index in [0.29, 0.717) is 5.69 Å². The van der Waals surface area contributed by atoms with Gasteiger partial charge in [-0.05, 0) is 19.1 Å². The number of rotatable bonds is 4. The number of carbonyl (C=O) groups excluding carboxylic acids is 1. The van der Waals surface area contributed by atoms with Crippen LogP contribution in [0.2, 0.25) is 5.02 Å². The summed E-state index contributed by atoms with van der Waals surface area (Å²) in [5, 5.41) is 13.3. The minimum Gasteiger partial charge on any atom is -0.478 e. The van der Waals surface area contributed by atoms with E-state index in [4.69, 9.17) is 16.7 Å². The number of hydrogen-bond donors (Lipinski definition) is 2. The summed E-state index contributed by atoms with van der Waals surface area (Å²) in [5.74, 6) is -1.72. The van der Waals surface area contributed by atoms with Crippen molar-refractivity contribution in [3.05, 3.63) is 49.5 Å². The lowest BCUT2D eigenvalue weighted by atomic mass is 10.2. The summed E-state index contributed by atoms with van der Waals surface area (Å²) in [6.07, 6.45) is 0. The number of anilines is 1.